The molecule has 0 unspecified atom stereocenters. The van der Waals surface area contributed by atoms with E-state index in [4.69, 9.17) is 0 Å². The Morgan fingerprint density at radius 2 is 2.26 bits per heavy atom. The zero-order valence-corrected chi connectivity index (χ0v) is 13.7. The number of aryl methyl sites for hydroxylation is 1. The van der Waals surface area contributed by atoms with Crippen LogP contribution in [0.5, 0.6) is 0 Å². The van der Waals surface area contributed by atoms with E-state index in [9.17, 15) is 4.79 Å². The van der Waals surface area contributed by atoms with Crippen LogP contribution >= 0.6 is 0 Å². The minimum atomic E-state index is -0.146. The van der Waals surface area contributed by atoms with Crippen molar-refractivity contribution in [2.45, 2.75) is 46.1 Å². The van der Waals surface area contributed by atoms with Gasteiger partial charge in [0.05, 0.1) is 5.52 Å². The second-order valence-corrected chi connectivity index (χ2v) is 6.14. The van der Waals surface area contributed by atoms with Crippen LogP contribution < -0.4 is 17.1 Å². The lowest BCUT2D eigenvalue weighted by molar-refractivity contribution is 0.629. The van der Waals surface area contributed by atoms with E-state index in [2.05, 4.69) is 34.3 Å². The summed E-state index contributed by atoms with van der Waals surface area (Å²) in [5, 5.41) is 4.19. The highest BCUT2D eigenvalue weighted by atomic mass is 16.1. The summed E-state index contributed by atoms with van der Waals surface area (Å²) >= 11 is 0. The van der Waals surface area contributed by atoms with Crippen LogP contribution in [-0.4, -0.2) is 20.7 Å². The summed E-state index contributed by atoms with van der Waals surface area (Å²) in [6.07, 6.45) is 7.80. The number of hydrogen-bond acceptors (Lipinski definition) is 6. The number of aromatic nitrogens is 3. The molecule has 1 saturated carbocycles. The first kappa shape index (κ1) is 17.1. The Labute approximate surface area is 135 Å². The topological polar surface area (TPSA) is 107 Å². The van der Waals surface area contributed by atoms with E-state index in [0.717, 1.165) is 31.2 Å². The van der Waals surface area contributed by atoms with Crippen LogP contribution in [0.15, 0.2) is 28.2 Å². The normalized spacial score (nSPS) is 15.6. The van der Waals surface area contributed by atoms with Crippen LogP contribution in [0.25, 0.3) is 11.2 Å². The van der Waals surface area contributed by atoms with Crippen molar-refractivity contribution < 1.29 is 0 Å². The fourth-order valence-corrected chi connectivity index (χ4v) is 2.26. The molecule has 0 radical (unpaired) electrons. The Bertz CT molecular complexity index is 763. The summed E-state index contributed by atoms with van der Waals surface area (Å²) in [6, 6.07) is 3.70. The van der Waals surface area contributed by atoms with Gasteiger partial charge in [-0.1, -0.05) is 20.3 Å². The Kier molecular flexibility index (Phi) is 5.10. The molecule has 0 aliphatic heterocycles. The van der Waals surface area contributed by atoms with Gasteiger partial charge in [0.1, 0.15) is 0 Å². The first-order valence-corrected chi connectivity index (χ1v) is 7.79. The molecule has 2 heterocycles. The number of hydrazone groups is 1. The number of nitrogens with zero attached hydrogens (tertiary/aromatic N) is 4. The van der Waals surface area contributed by atoms with Gasteiger partial charge in [-0.15, -0.1) is 0 Å². The predicted molar refractivity (Wildman–Crippen MR) is 93.2 cm³/mol. The lowest BCUT2D eigenvalue weighted by Gasteiger charge is -2.10. The molecule has 124 valence electrons. The zero-order chi connectivity index (χ0) is 15.6. The van der Waals surface area contributed by atoms with Crippen LogP contribution in [0.3, 0.4) is 0 Å². The molecule has 0 amide bonds. The SMILES string of the molecule is CCCCn1c(=O)c(N/N=C/C2(C)CC2)nc2ncccc21.N. The van der Waals surface area contributed by atoms with Crippen LogP contribution in [0.2, 0.25) is 0 Å². The van der Waals surface area contributed by atoms with Gasteiger partial charge in [0.15, 0.2) is 5.65 Å². The minimum absolute atomic E-state index is 0. The molecule has 1 fully saturated rings. The van der Waals surface area contributed by atoms with E-state index in [0.29, 0.717) is 12.2 Å². The molecule has 0 spiro atoms. The summed E-state index contributed by atoms with van der Waals surface area (Å²) in [5.74, 6) is 0.239. The lowest BCUT2D eigenvalue weighted by atomic mass is 10.2. The summed E-state index contributed by atoms with van der Waals surface area (Å²) in [4.78, 5) is 21.2. The second-order valence-electron chi connectivity index (χ2n) is 6.14. The Morgan fingerprint density at radius 1 is 1.48 bits per heavy atom. The number of fused-ring (bicyclic) bond motifs is 1. The maximum absolute atomic E-state index is 12.6. The predicted octanol–water partition coefficient (Wildman–Crippen LogP) is 2.95. The molecule has 0 saturated heterocycles. The fraction of sp³-hybridized carbons (Fsp3) is 0.500. The summed E-state index contributed by atoms with van der Waals surface area (Å²) in [6.45, 7) is 4.91. The third-order valence-electron chi connectivity index (χ3n) is 4.04. The summed E-state index contributed by atoms with van der Waals surface area (Å²) < 4.78 is 1.73. The molecule has 0 bridgehead atoms. The lowest BCUT2D eigenvalue weighted by Crippen LogP contribution is -2.25. The number of anilines is 1. The van der Waals surface area contributed by atoms with Gasteiger partial charge in [-0.3, -0.25) is 10.2 Å². The molecule has 2 aromatic heterocycles. The molecule has 0 aromatic carbocycles. The number of rotatable bonds is 6. The van der Waals surface area contributed by atoms with Crippen molar-refractivity contribution in [3.63, 3.8) is 0 Å². The Balaban J connectivity index is 0.00000192. The molecule has 3 rings (SSSR count). The van der Waals surface area contributed by atoms with Crippen LogP contribution in [0.4, 0.5) is 5.82 Å². The maximum atomic E-state index is 12.6. The van der Waals surface area contributed by atoms with Gasteiger partial charge in [0.2, 0.25) is 5.82 Å². The quantitative estimate of drug-likeness (QED) is 0.629. The van der Waals surface area contributed by atoms with E-state index in [1.54, 1.807) is 10.8 Å². The highest BCUT2D eigenvalue weighted by Gasteiger charge is 2.35. The monoisotopic (exact) mass is 316 g/mol. The third-order valence-corrected chi connectivity index (χ3v) is 4.04. The van der Waals surface area contributed by atoms with E-state index >= 15 is 0 Å². The van der Waals surface area contributed by atoms with Gasteiger partial charge >= 0.3 is 0 Å². The van der Waals surface area contributed by atoms with Gasteiger partial charge in [-0.05, 0) is 31.4 Å². The van der Waals surface area contributed by atoms with Gasteiger partial charge in [-0.2, -0.15) is 5.10 Å². The second kappa shape index (κ2) is 6.87. The maximum Gasteiger partial charge on any atom is 0.295 e. The molecular formula is C16H24N6O. The number of unbranched alkanes of at least 4 members (excludes halogenated alkanes) is 1. The fourth-order valence-electron chi connectivity index (χ4n) is 2.26. The van der Waals surface area contributed by atoms with Gasteiger partial charge < -0.3 is 10.7 Å². The van der Waals surface area contributed by atoms with Crippen molar-refractivity contribution in [3.8, 4) is 0 Å². The van der Waals surface area contributed by atoms with E-state index in [-0.39, 0.29) is 22.9 Å². The van der Waals surface area contributed by atoms with Crippen molar-refractivity contribution in [1.82, 2.24) is 20.7 Å². The highest BCUT2D eigenvalue weighted by Crippen LogP contribution is 2.42. The van der Waals surface area contributed by atoms with Gasteiger partial charge in [0, 0.05) is 24.4 Å². The molecule has 7 heteroatoms. The molecule has 1 aliphatic carbocycles. The molecule has 4 N–H and O–H groups in total. The third kappa shape index (κ3) is 3.73. The van der Waals surface area contributed by atoms with E-state index < -0.39 is 0 Å². The molecule has 1 aliphatic rings. The number of pyridine rings is 1. The largest absolute Gasteiger partial charge is 0.344 e. The van der Waals surface area contributed by atoms with Crippen LogP contribution in [0.1, 0.15) is 39.5 Å². The zero-order valence-electron chi connectivity index (χ0n) is 13.7. The number of hydrogen-bond donors (Lipinski definition) is 2. The Hall–Kier alpha value is -2.28. The summed E-state index contributed by atoms with van der Waals surface area (Å²) in [7, 11) is 0. The van der Waals surface area contributed by atoms with Crippen molar-refractivity contribution in [2.75, 3.05) is 5.43 Å². The van der Waals surface area contributed by atoms with Crippen LogP contribution in [0, 0.1) is 5.41 Å². The highest BCUT2D eigenvalue weighted by molar-refractivity contribution is 5.72. The molecule has 2 aromatic rings. The molecule has 0 atom stereocenters. The summed E-state index contributed by atoms with van der Waals surface area (Å²) in [5.41, 5.74) is 4.17. The Morgan fingerprint density at radius 3 is 2.96 bits per heavy atom. The number of nitrogens with one attached hydrogen (secondary N) is 1. The first-order chi connectivity index (χ1) is 10.6. The smallest absolute Gasteiger partial charge is 0.295 e. The molecular weight excluding hydrogens is 292 g/mol. The van der Waals surface area contributed by atoms with Crippen LogP contribution in [-0.2, 0) is 6.54 Å². The van der Waals surface area contributed by atoms with E-state index in [1.807, 2.05) is 18.3 Å². The van der Waals surface area contributed by atoms with Gasteiger partial charge in [0.25, 0.3) is 5.56 Å². The van der Waals surface area contributed by atoms with Crippen molar-refractivity contribution in [1.29, 1.82) is 0 Å². The van der Waals surface area contributed by atoms with Gasteiger partial charge in [-0.25, -0.2) is 9.97 Å². The van der Waals surface area contributed by atoms with Crippen molar-refractivity contribution >= 4 is 23.2 Å². The van der Waals surface area contributed by atoms with Crippen molar-refractivity contribution in [3.05, 3.63) is 28.7 Å². The average Bonchev–Trinajstić information content (AvgIpc) is 3.25. The standard InChI is InChI=1S/C16H21N5O.H3N/c1-3-4-10-21-12-6-5-9-17-13(12)19-14(15(21)22)20-18-11-16(2)7-8-16;/h5-6,9,11H,3-4,7-8,10H2,1-2H3,(H,17,19,20);1H3/b18-11+;. The van der Waals surface area contributed by atoms with Crippen molar-refractivity contribution in [2.24, 2.45) is 10.5 Å². The molecule has 23 heavy (non-hydrogen) atoms. The molecule has 7 nitrogen and oxygen atoms in total. The minimum Gasteiger partial charge on any atom is -0.344 e. The van der Waals surface area contributed by atoms with E-state index in [1.165, 1.54) is 0 Å². The first-order valence-electron chi connectivity index (χ1n) is 7.79. The average molecular weight is 316 g/mol.